The van der Waals surface area contributed by atoms with E-state index in [1.807, 2.05) is 0 Å². The minimum Gasteiger partial charge on any atom is -0.109 e. The molecular weight excluding hydrogens is 427 g/mol. The number of alkyl halides is 9. The Morgan fingerprint density at radius 3 is 0.944 bits per heavy atom. The van der Waals surface area contributed by atoms with Crippen LogP contribution in [0, 0.1) is 0 Å². The molecule has 0 nitrogen and oxygen atoms in total. The minimum atomic E-state index is -1.61. The minimum absolute atomic E-state index is 0.194. The molecule has 0 aliphatic carbocycles. The van der Waals surface area contributed by atoms with E-state index in [4.69, 9.17) is 104 Å². The van der Waals surface area contributed by atoms with Crippen LogP contribution in [0.15, 0.2) is 0 Å². The molecule has 0 rings (SSSR count). The van der Waals surface area contributed by atoms with Gasteiger partial charge in [-0.05, 0) is 0 Å². The van der Waals surface area contributed by atoms with Gasteiger partial charge in [0.15, 0.2) is 4.30 Å². The molecule has 0 atom stereocenters. The van der Waals surface area contributed by atoms with Crippen molar-refractivity contribution >= 4 is 104 Å². The van der Waals surface area contributed by atoms with Gasteiger partial charge in [0.2, 0.25) is 0 Å². The maximum Gasteiger partial charge on any atom is 0.266 e. The molecule has 0 aliphatic heterocycles. The summed E-state index contributed by atoms with van der Waals surface area (Å²) in [6.07, 6.45) is 5.54. The van der Waals surface area contributed by atoms with Crippen LogP contribution >= 0.6 is 104 Å². The first kappa shape index (κ1) is 28.7. The molecule has 18 heavy (non-hydrogen) atoms. The van der Waals surface area contributed by atoms with E-state index in [0.717, 1.165) is 0 Å². The van der Waals surface area contributed by atoms with Crippen molar-refractivity contribution in [1.29, 1.82) is 0 Å². The molecule has 0 aliphatic rings. The largest absolute Gasteiger partial charge is 0.266 e. The third-order valence-corrected chi connectivity index (χ3v) is 0.957. The first-order valence-corrected chi connectivity index (χ1v) is 8.75. The van der Waals surface area contributed by atoms with Crippen LogP contribution < -0.4 is 0 Å². The van der Waals surface area contributed by atoms with Crippen LogP contribution in [0.1, 0.15) is 39.5 Å². The molecule has 0 aromatic heterocycles. The van der Waals surface area contributed by atoms with Crippen molar-refractivity contribution in [2.45, 2.75) is 47.1 Å². The molecular formula is C9H17Cl9. The third-order valence-electron chi connectivity index (χ3n) is 0.957. The molecule has 0 radical (unpaired) electrons. The molecule has 0 fully saturated rings. The van der Waals surface area contributed by atoms with Crippen molar-refractivity contribution in [2.24, 2.45) is 0 Å². The molecule has 0 saturated carbocycles. The average Bonchev–Trinajstić information content (AvgIpc) is 2.12. The molecule has 0 unspecified atom stereocenters. The van der Waals surface area contributed by atoms with Crippen molar-refractivity contribution in [3.8, 4) is 0 Å². The Morgan fingerprint density at radius 2 is 0.889 bits per heavy atom. The quantitative estimate of drug-likeness (QED) is 0.302. The first-order valence-electron chi connectivity index (χ1n) is 4.86. The average molecular weight is 444 g/mol. The zero-order valence-electron chi connectivity index (χ0n) is 10.0. The normalized spacial score (nSPS) is 9.33. The molecule has 0 N–H and O–H groups in total. The highest BCUT2D eigenvalue weighted by Crippen LogP contribution is 2.29. The summed E-state index contributed by atoms with van der Waals surface area (Å²) in [4.78, 5) is 0. The van der Waals surface area contributed by atoms with Crippen LogP contribution in [0.2, 0.25) is 0 Å². The van der Waals surface area contributed by atoms with E-state index in [1.54, 1.807) is 0 Å². The Kier molecular flexibility index (Phi) is 39.3. The fourth-order valence-corrected chi connectivity index (χ4v) is 0.500. The van der Waals surface area contributed by atoms with Crippen LogP contribution in [0.3, 0.4) is 0 Å². The van der Waals surface area contributed by atoms with Gasteiger partial charge in [0.25, 0.3) is 3.25 Å². The van der Waals surface area contributed by atoms with Crippen molar-refractivity contribution in [3.05, 3.63) is 0 Å². The second-order valence-electron chi connectivity index (χ2n) is 2.48. The Hall–Kier alpha value is 2.61. The lowest BCUT2D eigenvalue weighted by atomic mass is 10.2. The third kappa shape index (κ3) is 183. The molecule has 9 heteroatoms. The molecule has 0 spiro atoms. The van der Waals surface area contributed by atoms with Crippen LogP contribution in [0.5, 0.6) is 0 Å². The fraction of sp³-hybridized carbons (Fsp3) is 1.00. The summed E-state index contributed by atoms with van der Waals surface area (Å²) in [5.74, 6) is 0. The highest BCUT2D eigenvalue weighted by atomic mass is 35.6. The van der Waals surface area contributed by atoms with E-state index in [0.29, 0.717) is 0 Å². The molecule has 0 saturated heterocycles. The summed E-state index contributed by atoms with van der Waals surface area (Å²) in [6, 6.07) is 0. The van der Waals surface area contributed by atoms with Crippen molar-refractivity contribution < 1.29 is 0 Å². The van der Waals surface area contributed by atoms with Crippen LogP contribution in [-0.4, -0.2) is 12.9 Å². The lowest BCUT2D eigenvalue weighted by Crippen LogP contribution is -1.81. The van der Waals surface area contributed by atoms with Crippen LogP contribution in [0.4, 0.5) is 0 Å². The lowest BCUT2D eigenvalue weighted by Gasteiger charge is -1.91. The number of hydrogen-bond donors (Lipinski definition) is 0. The van der Waals surface area contributed by atoms with E-state index in [1.165, 1.54) is 25.7 Å². The van der Waals surface area contributed by atoms with Gasteiger partial charge in [0.05, 0.1) is 5.34 Å². The van der Waals surface area contributed by atoms with Crippen molar-refractivity contribution in [1.82, 2.24) is 0 Å². The van der Waals surface area contributed by atoms with Crippen LogP contribution in [-0.2, 0) is 0 Å². The monoisotopic (exact) mass is 440 g/mol. The zero-order valence-corrected chi connectivity index (χ0v) is 16.8. The second-order valence-corrected chi connectivity index (χ2v) is 8.70. The van der Waals surface area contributed by atoms with E-state index < -0.39 is 7.55 Å². The van der Waals surface area contributed by atoms with Gasteiger partial charge in [-0.25, -0.2) is 0 Å². The van der Waals surface area contributed by atoms with Gasteiger partial charge < -0.3 is 0 Å². The zero-order chi connectivity index (χ0) is 15.6. The Labute approximate surface area is 155 Å². The SMILES string of the molecule is CCCCCC.ClC(Cl)(Cl)Cl.ClC(Cl)Cl.ClCCl. The Balaban J connectivity index is -0.0000000750. The predicted octanol–water partition coefficient (Wildman–Crippen LogP) is 8.55. The number of unbranched alkanes of at least 4 members (excludes halogenated alkanes) is 3. The van der Waals surface area contributed by atoms with Gasteiger partial charge in [-0.2, -0.15) is 0 Å². The number of rotatable bonds is 3. The topological polar surface area (TPSA) is 0 Å². The molecule has 116 valence electrons. The van der Waals surface area contributed by atoms with E-state index in [-0.39, 0.29) is 5.34 Å². The summed E-state index contributed by atoms with van der Waals surface area (Å²) < 4.78 is -2.36. The maximum absolute atomic E-state index is 4.83. The standard InChI is InChI=1S/C6H14.CCl4.CHCl3.CH2Cl2/c1-3-5-6-4-2;2-1(3,4)5;2-1(3)4;2-1-3/h3-6H2,1-2H3;;1H;1H2. The van der Waals surface area contributed by atoms with E-state index in [9.17, 15) is 0 Å². The summed E-state index contributed by atoms with van der Waals surface area (Å²) in [7, 11) is 0. The van der Waals surface area contributed by atoms with E-state index in [2.05, 4.69) is 13.8 Å². The van der Waals surface area contributed by atoms with Gasteiger partial charge in [-0.1, -0.05) is 121 Å². The summed E-state index contributed by atoms with van der Waals surface area (Å²) >= 11 is 43.2. The fourth-order valence-electron chi connectivity index (χ4n) is 0.500. The predicted molar refractivity (Wildman–Crippen MR) is 93.9 cm³/mol. The van der Waals surface area contributed by atoms with Crippen molar-refractivity contribution in [3.63, 3.8) is 0 Å². The van der Waals surface area contributed by atoms with Gasteiger partial charge in [0, 0.05) is 0 Å². The molecule has 0 aromatic rings. The first-order chi connectivity index (χ1) is 8.06. The molecule has 0 bridgehead atoms. The number of hydrogen-bond acceptors (Lipinski definition) is 0. The highest BCUT2D eigenvalue weighted by Gasteiger charge is 2.11. The second kappa shape index (κ2) is 24.6. The Morgan fingerprint density at radius 1 is 0.778 bits per heavy atom. The van der Waals surface area contributed by atoms with Gasteiger partial charge in [-0.15, -0.1) is 23.2 Å². The van der Waals surface area contributed by atoms with Gasteiger partial charge in [0.1, 0.15) is 0 Å². The van der Waals surface area contributed by atoms with E-state index >= 15 is 0 Å². The summed E-state index contributed by atoms with van der Waals surface area (Å²) in [6.45, 7) is 4.46. The molecule has 0 amide bonds. The summed E-state index contributed by atoms with van der Waals surface area (Å²) in [5, 5.41) is 0.194. The van der Waals surface area contributed by atoms with Gasteiger partial charge in [-0.3, -0.25) is 0 Å². The smallest absolute Gasteiger partial charge is 0.109 e. The number of halogens is 9. The van der Waals surface area contributed by atoms with Crippen LogP contribution in [0.25, 0.3) is 0 Å². The lowest BCUT2D eigenvalue weighted by molar-refractivity contribution is 0.702. The summed E-state index contributed by atoms with van der Waals surface area (Å²) in [5.41, 5.74) is 0. The Bertz CT molecular complexity index is 100. The highest BCUT2D eigenvalue weighted by molar-refractivity contribution is 6.83. The molecule has 0 aromatic carbocycles. The van der Waals surface area contributed by atoms with Gasteiger partial charge >= 0.3 is 0 Å². The van der Waals surface area contributed by atoms with Crippen molar-refractivity contribution in [2.75, 3.05) is 5.34 Å². The maximum atomic E-state index is 4.83. The molecule has 0 heterocycles.